The number of nitriles is 1. The van der Waals surface area contributed by atoms with Gasteiger partial charge in [0.25, 0.3) is 5.91 Å². The molecule has 1 atom stereocenters. The van der Waals surface area contributed by atoms with Gasteiger partial charge >= 0.3 is 0 Å². The Kier molecular flexibility index (Phi) is 3.81. The van der Waals surface area contributed by atoms with E-state index in [4.69, 9.17) is 5.26 Å². The lowest BCUT2D eigenvalue weighted by atomic mass is 10.1. The highest BCUT2D eigenvalue weighted by atomic mass is 16.1. The van der Waals surface area contributed by atoms with Gasteiger partial charge in [0.2, 0.25) is 0 Å². The number of nitrogens with zero attached hydrogens (tertiary/aromatic N) is 2. The van der Waals surface area contributed by atoms with Gasteiger partial charge in [-0.1, -0.05) is 6.92 Å². The largest absolute Gasteiger partial charge is 0.336 e. The van der Waals surface area contributed by atoms with Crippen molar-refractivity contribution in [3.8, 4) is 6.07 Å². The molecule has 1 unspecified atom stereocenters. The van der Waals surface area contributed by atoms with Crippen molar-refractivity contribution in [1.82, 2.24) is 10.3 Å². The van der Waals surface area contributed by atoms with Crippen molar-refractivity contribution >= 4 is 5.91 Å². The number of carbonyl (C=O) groups excluding carboxylic acids is 1. The summed E-state index contributed by atoms with van der Waals surface area (Å²) in [5.74, 6) is -0.242. The lowest BCUT2D eigenvalue weighted by Crippen LogP contribution is -2.33. The quantitative estimate of drug-likeness (QED) is 0.808. The van der Waals surface area contributed by atoms with Gasteiger partial charge in [-0.3, -0.25) is 9.78 Å². The number of hydrogen-bond acceptors (Lipinski definition) is 3. The van der Waals surface area contributed by atoms with Gasteiger partial charge in [-0.05, 0) is 25.5 Å². The van der Waals surface area contributed by atoms with Crippen molar-refractivity contribution < 1.29 is 4.79 Å². The second kappa shape index (κ2) is 5.11. The van der Waals surface area contributed by atoms with Crippen LogP contribution in [0.1, 0.15) is 29.4 Å². The maximum Gasteiger partial charge on any atom is 0.254 e. The van der Waals surface area contributed by atoms with Gasteiger partial charge in [0.1, 0.15) is 6.04 Å². The van der Waals surface area contributed by atoms with Gasteiger partial charge in [-0.15, -0.1) is 0 Å². The minimum atomic E-state index is -0.433. The molecule has 0 spiro atoms. The third-order valence-electron chi connectivity index (χ3n) is 2.12. The topological polar surface area (TPSA) is 65.8 Å². The summed E-state index contributed by atoms with van der Waals surface area (Å²) in [6.45, 7) is 3.62. The van der Waals surface area contributed by atoms with Crippen LogP contribution in [0.2, 0.25) is 0 Å². The molecule has 0 radical (unpaired) electrons. The first kappa shape index (κ1) is 11.2. The molecule has 1 rings (SSSR count). The van der Waals surface area contributed by atoms with Crippen LogP contribution < -0.4 is 5.32 Å². The minimum absolute atomic E-state index is 0.242. The Balaban J connectivity index is 2.79. The third kappa shape index (κ3) is 2.78. The van der Waals surface area contributed by atoms with Gasteiger partial charge < -0.3 is 5.32 Å². The molecule has 4 nitrogen and oxygen atoms in total. The van der Waals surface area contributed by atoms with Gasteiger partial charge in [-0.2, -0.15) is 5.26 Å². The first-order chi connectivity index (χ1) is 7.19. The molecule has 4 heteroatoms. The highest BCUT2D eigenvalue weighted by Crippen LogP contribution is 2.04. The van der Waals surface area contributed by atoms with Gasteiger partial charge in [0.15, 0.2) is 0 Å². The summed E-state index contributed by atoms with van der Waals surface area (Å²) in [7, 11) is 0. The number of carbonyl (C=O) groups is 1. The average Bonchev–Trinajstić information content (AvgIpc) is 2.26. The number of pyridine rings is 1. The molecule has 0 aliphatic carbocycles. The predicted octanol–water partition coefficient (Wildman–Crippen LogP) is 1.42. The number of aromatic nitrogens is 1. The molecule has 0 aliphatic heterocycles. The summed E-state index contributed by atoms with van der Waals surface area (Å²) in [6.07, 6.45) is 2.23. The van der Waals surface area contributed by atoms with Crippen molar-refractivity contribution in [2.24, 2.45) is 0 Å². The first-order valence-electron chi connectivity index (χ1n) is 4.81. The van der Waals surface area contributed by atoms with Crippen molar-refractivity contribution in [3.05, 3.63) is 29.6 Å². The second-order valence-corrected chi connectivity index (χ2v) is 3.20. The van der Waals surface area contributed by atoms with E-state index >= 15 is 0 Å². The Morgan fingerprint density at radius 1 is 1.73 bits per heavy atom. The highest BCUT2D eigenvalue weighted by Gasteiger charge is 2.13. The van der Waals surface area contributed by atoms with Crippen LogP contribution in [0, 0.1) is 18.3 Å². The van der Waals surface area contributed by atoms with Crippen LogP contribution in [0.25, 0.3) is 0 Å². The van der Waals surface area contributed by atoms with E-state index in [1.807, 2.05) is 13.0 Å². The lowest BCUT2D eigenvalue weighted by Gasteiger charge is -2.09. The standard InChI is InChI=1S/C11H13N3O/c1-3-9(7-12)14-11(15)10-5-4-6-13-8(10)2/h4-6,9H,3H2,1-2H3,(H,14,15). The first-order valence-corrected chi connectivity index (χ1v) is 4.81. The van der Waals surface area contributed by atoms with Gasteiger partial charge in [0.05, 0.1) is 11.6 Å². The Morgan fingerprint density at radius 2 is 2.47 bits per heavy atom. The number of rotatable bonds is 3. The molecule has 1 aromatic heterocycles. The fourth-order valence-electron chi connectivity index (χ4n) is 1.19. The Hall–Kier alpha value is -1.89. The van der Waals surface area contributed by atoms with E-state index in [2.05, 4.69) is 10.3 Å². The Bertz CT molecular complexity index is 395. The van der Waals surface area contributed by atoms with E-state index in [0.717, 1.165) is 0 Å². The second-order valence-electron chi connectivity index (χ2n) is 3.20. The number of nitrogens with one attached hydrogen (secondary N) is 1. The van der Waals surface area contributed by atoms with E-state index in [-0.39, 0.29) is 5.91 Å². The molecule has 0 aliphatic rings. The summed E-state index contributed by atoms with van der Waals surface area (Å²) in [5, 5.41) is 11.3. The normalized spacial score (nSPS) is 11.5. The van der Waals surface area contributed by atoms with Crippen LogP contribution in [-0.2, 0) is 0 Å². The molecule has 0 saturated heterocycles. The fraction of sp³-hybridized carbons (Fsp3) is 0.364. The molecule has 1 heterocycles. The molecule has 0 bridgehead atoms. The van der Waals surface area contributed by atoms with Crippen LogP contribution in [-0.4, -0.2) is 16.9 Å². The molecule has 0 saturated carbocycles. The predicted molar refractivity (Wildman–Crippen MR) is 56.1 cm³/mol. The van der Waals surface area contributed by atoms with Crippen LogP contribution in [0.3, 0.4) is 0 Å². The Labute approximate surface area is 88.9 Å². The molecule has 0 aromatic carbocycles. The Morgan fingerprint density at radius 3 is 3.00 bits per heavy atom. The molecule has 78 valence electrons. The summed E-state index contributed by atoms with van der Waals surface area (Å²) >= 11 is 0. The lowest BCUT2D eigenvalue weighted by molar-refractivity contribution is 0.0943. The molecule has 1 aromatic rings. The molecular formula is C11H13N3O. The van der Waals surface area contributed by atoms with E-state index < -0.39 is 6.04 Å². The fourth-order valence-corrected chi connectivity index (χ4v) is 1.19. The number of aryl methyl sites for hydroxylation is 1. The van der Waals surface area contributed by atoms with E-state index in [9.17, 15) is 4.79 Å². The summed E-state index contributed by atoms with van der Waals surface area (Å²) in [4.78, 5) is 15.7. The average molecular weight is 203 g/mol. The highest BCUT2D eigenvalue weighted by molar-refractivity contribution is 5.95. The number of hydrogen-bond donors (Lipinski definition) is 1. The van der Waals surface area contributed by atoms with Gasteiger partial charge in [-0.25, -0.2) is 0 Å². The van der Waals surface area contributed by atoms with Crippen LogP contribution in [0.4, 0.5) is 0 Å². The smallest absolute Gasteiger partial charge is 0.254 e. The van der Waals surface area contributed by atoms with E-state index in [0.29, 0.717) is 17.7 Å². The zero-order valence-electron chi connectivity index (χ0n) is 8.82. The van der Waals surface area contributed by atoms with Crippen LogP contribution in [0.15, 0.2) is 18.3 Å². The summed E-state index contributed by atoms with van der Waals surface area (Å²) in [6, 6.07) is 4.99. The zero-order valence-corrected chi connectivity index (χ0v) is 8.82. The van der Waals surface area contributed by atoms with E-state index in [1.165, 1.54) is 0 Å². The maximum atomic E-state index is 11.7. The summed E-state index contributed by atoms with van der Waals surface area (Å²) < 4.78 is 0. The molecule has 1 N–H and O–H groups in total. The zero-order chi connectivity index (χ0) is 11.3. The van der Waals surface area contributed by atoms with Gasteiger partial charge in [0, 0.05) is 11.9 Å². The molecular weight excluding hydrogens is 190 g/mol. The minimum Gasteiger partial charge on any atom is -0.336 e. The third-order valence-corrected chi connectivity index (χ3v) is 2.12. The van der Waals surface area contributed by atoms with Crippen molar-refractivity contribution in [2.45, 2.75) is 26.3 Å². The van der Waals surface area contributed by atoms with Crippen LogP contribution >= 0.6 is 0 Å². The van der Waals surface area contributed by atoms with Crippen LogP contribution in [0.5, 0.6) is 0 Å². The summed E-state index contributed by atoms with van der Waals surface area (Å²) in [5.41, 5.74) is 1.19. The van der Waals surface area contributed by atoms with Crippen molar-refractivity contribution in [1.29, 1.82) is 5.26 Å². The van der Waals surface area contributed by atoms with Crippen molar-refractivity contribution in [2.75, 3.05) is 0 Å². The maximum absolute atomic E-state index is 11.7. The molecule has 15 heavy (non-hydrogen) atoms. The molecule has 0 fully saturated rings. The molecule has 1 amide bonds. The number of amides is 1. The van der Waals surface area contributed by atoms with Crippen molar-refractivity contribution in [3.63, 3.8) is 0 Å². The SMILES string of the molecule is CCC(C#N)NC(=O)c1cccnc1C. The van der Waals surface area contributed by atoms with E-state index in [1.54, 1.807) is 25.3 Å². The monoisotopic (exact) mass is 203 g/mol.